The van der Waals surface area contributed by atoms with E-state index in [2.05, 4.69) is 15.2 Å². The van der Waals surface area contributed by atoms with Gasteiger partial charge in [0.1, 0.15) is 29.0 Å². The number of H-pyrrole nitrogens is 1. The number of rotatable bonds is 7. The minimum absolute atomic E-state index is 0.0628. The van der Waals surface area contributed by atoms with Crippen molar-refractivity contribution in [3.05, 3.63) is 82.9 Å². The fraction of sp³-hybridized carbons (Fsp3) is 0.417. The van der Waals surface area contributed by atoms with Crippen molar-refractivity contribution in [2.24, 2.45) is 0 Å². The summed E-state index contributed by atoms with van der Waals surface area (Å²) >= 11 is 0. The van der Waals surface area contributed by atoms with Crippen molar-refractivity contribution in [3.8, 4) is 0 Å². The lowest BCUT2D eigenvalue weighted by Gasteiger charge is -2.37. The Labute approximate surface area is 197 Å². The molecule has 1 aromatic heterocycles. The van der Waals surface area contributed by atoms with E-state index in [1.54, 1.807) is 38.1 Å². The van der Waals surface area contributed by atoms with Crippen molar-refractivity contribution >= 4 is 10.0 Å². The average Bonchev–Trinajstić information content (AvgIpc) is 3.36. The first-order chi connectivity index (χ1) is 16.2. The summed E-state index contributed by atoms with van der Waals surface area (Å²) in [6, 6.07) is 10.6. The summed E-state index contributed by atoms with van der Waals surface area (Å²) in [4.78, 5) is 4.06. The zero-order valence-electron chi connectivity index (χ0n) is 19.1. The van der Waals surface area contributed by atoms with Crippen LogP contribution >= 0.6 is 0 Å². The molecule has 1 aliphatic heterocycles. The van der Waals surface area contributed by atoms with Crippen LogP contribution in [0.25, 0.3) is 0 Å². The van der Waals surface area contributed by atoms with E-state index in [0.717, 1.165) is 12.1 Å². The number of nitrogens with zero attached hydrogens (tertiary/aromatic N) is 3. The summed E-state index contributed by atoms with van der Waals surface area (Å²) in [5.41, 5.74) is -0.745. The van der Waals surface area contributed by atoms with Gasteiger partial charge in [0.15, 0.2) is 0 Å². The highest BCUT2D eigenvalue weighted by molar-refractivity contribution is 7.89. The molecule has 0 saturated carbocycles. The number of aromatic nitrogens is 3. The normalized spacial score (nSPS) is 22.4. The third kappa shape index (κ3) is 4.14. The predicted molar refractivity (Wildman–Crippen MR) is 123 cm³/mol. The molecule has 2 N–H and O–H groups in total. The lowest BCUT2D eigenvalue weighted by molar-refractivity contribution is 0.205. The molecule has 1 fully saturated rings. The van der Waals surface area contributed by atoms with Crippen molar-refractivity contribution in [3.63, 3.8) is 0 Å². The maximum absolute atomic E-state index is 15.4. The van der Waals surface area contributed by atoms with Gasteiger partial charge in [-0.15, -0.1) is 0 Å². The van der Waals surface area contributed by atoms with Crippen LogP contribution in [0.15, 0.2) is 48.8 Å². The Morgan fingerprint density at radius 1 is 1.18 bits per heavy atom. The number of sulfonamides is 1. The Morgan fingerprint density at radius 2 is 1.91 bits per heavy atom. The number of aromatic amines is 1. The SMILES string of the molecule is CC[C@@](CO)(c1ncn[nH]1)c1cc(F)c(CN2[C@@H](C)CC[C@H](c3ccccc3)S2(=O)=O)cc1F. The summed E-state index contributed by atoms with van der Waals surface area (Å²) in [6.07, 6.45) is 2.55. The summed E-state index contributed by atoms with van der Waals surface area (Å²) in [6.45, 7) is 2.72. The van der Waals surface area contributed by atoms with E-state index < -0.39 is 38.9 Å². The van der Waals surface area contributed by atoms with Gasteiger partial charge in [-0.25, -0.2) is 22.2 Å². The highest BCUT2D eigenvalue weighted by Gasteiger charge is 2.42. The highest BCUT2D eigenvalue weighted by atomic mass is 32.2. The van der Waals surface area contributed by atoms with Crippen LogP contribution in [-0.2, 0) is 22.0 Å². The second-order valence-electron chi connectivity index (χ2n) is 8.77. The van der Waals surface area contributed by atoms with Crippen molar-refractivity contribution in [1.82, 2.24) is 19.5 Å². The molecule has 0 unspecified atom stereocenters. The summed E-state index contributed by atoms with van der Waals surface area (Å²) < 4.78 is 58.9. The maximum Gasteiger partial charge on any atom is 0.221 e. The van der Waals surface area contributed by atoms with Gasteiger partial charge in [0, 0.05) is 23.7 Å². The highest BCUT2D eigenvalue weighted by Crippen LogP contribution is 2.39. The van der Waals surface area contributed by atoms with E-state index in [0.29, 0.717) is 18.4 Å². The van der Waals surface area contributed by atoms with Gasteiger partial charge in [0.25, 0.3) is 0 Å². The monoisotopic (exact) mass is 490 g/mol. The average molecular weight is 491 g/mol. The third-order valence-corrected chi connectivity index (χ3v) is 9.29. The van der Waals surface area contributed by atoms with Crippen molar-refractivity contribution in [2.45, 2.75) is 56.4 Å². The molecule has 3 atom stereocenters. The molecule has 1 aliphatic rings. The minimum Gasteiger partial charge on any atom is -0.395 e. The number of aliphatic hydroxyl groups is 1. The van der Waals surface area contributed by atoms with Gasteiger partial charge < -0.3 is 5.11 Å². The van der Waals surface area contributed by atoms with Crippen molar-refractivity contribution in [1.29, 1.82) is 0 Å². The van der Waals surface area contributed by atoms with Crippen LogP contribution in [-0.4, -0.2) is 45.7 Å². The first-order valence-corrected chi connectivity index (χ1v) is 12.8. The fourth-order valence-corrected chi connectivity index (χ4v) is 6.98. The van der Waals surface area contributed by atoms with Crippen LogP contribution in [0.4, 0.5) is 8.78 Å². The minimum atomic E-state index is -3.80. The molecule has 0 amide bonds. The Kier molecular flexibility index (Phi) is 6.84. The molecular formula is C24H28F2N4O3S. The summed E-state index contributed by atoms with van der Waals surface area (Å²) in [5.74, 6) is -1.27. The van der Waals surface area contributed by atoms with Crippen LogP contribution in [0, 0.1) is 11.6 Å². The quantitative estimate of drug-likeness (QED) is 0.525. The van der Waals surface area contributed by atoms with Gasteiger partial charge in [-0.1, -0.05) is 37.3 Å². The zero-order valence-corrected chi connectivity index (χ0v) is 19.9. The molecular weight excluding hydrogens is 462 g/mol. The second kappa shape index (κ2) is 9.52. The molecule has 1 saturated heterocycles. The first-order valence-electron chi connectivity index (χ1n) is 11.2. The number of nitrogens with one attached hydrogen (secondary N) is 1. The molecule has 182 valence electrons. The van der Waals surface area contributed by atoms with E-state index in [4.69, 9.17) is 0 Å². The van der Waals surface area contributed by atoms with E-state index in [9.17, 15) is 13.5 Å². The fourth-order valence-electron chi connectivity index (χ4n) is 4.79. The van der Waals surface area contributed by atoms with E-state index in [-0.39, 0.29) is 36.0 Å². The van der Waals surface area contributed by atoms with Crippen LogP contribution in [0.3, 0.4) is 0 Å². The predicted octanol–water partition coefficient (Wildman–Crippen LogP) is 3.83. The molecule has 4 rings (SSSR count). The number of benzene rings is 2. The topological polar surface area (TPSA) is 99.2 Å². The maximum atomic E-state index is 15.4. The Morgan fingerprint density at radius 3 is 2.53 bits per heavy atom. The lowest BCUT2D eigenvalue weighted by Crippen LogP contribution is -2.45. The van der Waals surface area contributed by atoms with Crippen LogP contribution in [0.5, 0.6) is 0 Å². The second-order valence-corrected chi connectivity index (χ2v) is 10.8. The molecule has 0 aliphatic carbocycles. The molecule has 0 bridgehead atoms. The standard InChI is InChI=1S/C24H28F2N4O3S/c1-3-24(14-31,23-27-15-28-29-23)19-12-20(25)18(11-21(19)26)13-30-16(2)9-10-22(34(30,32)33)17-7-5-4-6-8-17/h4-8,11-12,15-16,22,31H,3,9-10,13-14H2,1-2H3,(H,27,28,29)/t16-,22+,24-/m0/s1. The van der Waals surface area contributed by atoms with Gasteiger partial charge in [-0.3, -0.25) is 5.10 Å². The molecule has 0 radical (unpaired) electrons. The van der Waals surface area contributed by atoms with Gasteiger partial charge in [-0.05, 0) is 43.9 Å². The molecule has 3 aromatic rings. The lowest BCUT2D eigenvalue weighted by atomic mass is 9.77. The number of halogens is 2. The van der Waals surface area contributed by atoms with Crippen molar-refractivity contribution < 1.29 is 22.3 Å². The Balaban J connectivity index is 1.70. The first kappa shape index (κ1) is 24.4. The number of aliphatic hydroxyl groups excluding tert-OH is 1. The van der Waals surface area contributed by atoms with Gasteiger partial charge in [-0.2, -0.15) is 9.40 Å². The Hall–Kier alpha value is -2.69. The van der Waals surface area contributed by atoms with E-state index in [1.807, 2.05) is 6.07 Å². The zero-order chi connectivity index (χ0) is 24.5. The van der Waals surface area contributed by atoms with E-state index in [1.165, 1.54) is 10.6 Å². The van der Waals surface area contributed by atoms with Crippen molar-refractivity contribution in [2.75, 3.05) is 6.61 Å². The molecule has 2 heterocycles. The van der Waals surface area contributed by atoms with Gasteiger partial charge in [0.05, 0.1) is 12.0 Å². The van der Waals surface area contributed by atoms with Crippen LogP contribution < -0.4 is 0 Å². The largest absolute Gasteiger partial charge is 0.395 e. The van der Waals surface area contributed by atoms with Gasteiger partial charge in [0.2, 0.25) is 10.0 Å². The van der Waals surface area contributed by atoms with E-state index >= 15 is 8.78 Å². The molecule has 7 nitrogen and oxygen atoms in total. The summed E-state index contributed by atoms with van der Waals surface area (Å²) in [7, 11) is -3.80. The molecule has 2 aromatic carbocycles. The van der Waals surface area contributed by atoms with Crippen LogP contribution in [0.1, 0.15) is 60.9 Å². The smallest absolute Gasteiger partial charge is 0.221 e. The number of hydrogen-bond acceptors (Lipinski definition) is 5. The Bertz CT molecular complexity index is 1230. The van der Waals surface area contributed by atoms with Crippen LogP contribution in [0.2, 0.25) is 0 Å². The van der Waals surface area contributed by atoms with Gasteiger partial charge >= 0.3 is 0 Å². The number of hydrogen-bond donors (Lipinski definition) is 2. The molecule has 34 heavy (non-hydrogen) atoms. The third-order valence-electron chi connectivity index (χ3n) is 6.92. The summed E-state index contributed by atoms with van der Waals surface area (Å²) in [5, 5.41) is 15.8. The molecule has 10 heteroatoms. The molecule has 0 spiro atoms.